The number of aryl methyl sites for hydroxylation is 1. The summed E-state index contributed by atoms with van der Waals surface area (Å²) in [6.07, 6.45) is -9.55. The number of benzene rings is 1. The van der Waals surface area contributed by atoms with E-state index in [1.165, 1.54) is 0 Å². The predicted octanol–water partition coefficient (Wildman–Crippen LogP) is 5.50. The number of aliphatic carboxylic acids is 1. The molecule has 4 rings (SSSR count). The topological polar surface area (TPSA) is 57.6 Å². The van der Waals surface area contributed by atoms with Gasteiger partial charge in [-0.2, -0.15) is 26.3 Å². The summed E-state index contributed by atoms with van der Waals surface area (Å²) in [6.45, 7) is 0.409. The van der Waals surface area contributed by atoms with Gasteiger partial charge >= 0.3 is 24.0 Å². The molecule has 1 saturated carbocycles. The van der Waals surface area contributed by atoms with Gasteiger partial charge in [-0.25, -0.2) is 4.39 Å². The van der Waals surface area contributed by atoms with Gasteiger partial charge in [-0.3, -0.25) is 9.59 Å². The second-order valence-corrected chi connectivity index (χ2v) is 9.49. The first kappa shape index (κ1) is 24.8. The molecule has 4 nitrogen and oxygen atoms in total. The zero-order valence-electron chi connectivity index (χ0n) is 18.1. The SMILES string of the molecule is O=C(O)C1CCC(C(=O)N2CC[C@H]3c4ccc(C(F)(C(F)(F)F)C(F)(F)F)cc4CC[C@H]32)CC1. The highest BCUT2D eigenvalue weighted by Gasteiger charge is 2.73. The highest BCUT2D eigenvalue weighted by Crippen LogP contribution is 2.54. The van der Waals surface area contributed by atoms with E-state index in [4.69, 9.17) is 5.11 Å². The number of carbonyl (C=O) groups excluding carboxylic acids is 1. The molecule has 0 bridgehead atoms. The Morgan fingerprint density at radius 2 is 1.44 bits per heavy atom. The van der Waals surface area contributed by atoms with Gasteiger partial charge in [0.25, 0.3) is 0 Å². The van der Waals surface area contributed by atoms with E-state index in [1.807, 2.05) is 0 Å². The van der Waals surface area contributed by atoms with Gasteiger partial charge in [0.1, 0.15) is 0 Å². The number of carboxylic acids is 1. The van der Waals surface area contributed by atoms with Crippen LogP contribution in [0.3, 0.4) is 0 Å². The lowest BCUT2D eigenvalue weighted by Gasteiger charge is -2.37. The molecule has 34 heavy (non-hydrogen) atoms. The van der Waals surface area contributed by atoms with Crippen LogP contribution in [-0.2, 0) is 21.7 Å². The summed E-state index contributed by atoms with van der Waals surface area (Å²) in [4.78, 5) is 26.0. The molecule has 2 aliphatic carbocycles. The number of fused-ring (bicyclic) bond motifs is 3. The summed E-state index contributed by atoms with van der Waals surface area (Å²) in [5.41, 5.74) is -6.15. The Hall–Kier alpha value is -2.33. The van der Waals surface area contributed by atoms with Crippen LogP contribution < -0.4 is 0 Å². The highest BCUT2D eigenvalue weighted by molar-refractivity contribution is 5.80. The zero-order valence-corrected chi connectivity index (χ0v) is 18.1. The van der Waals surface area contributed by atoms with Crippen LogP contribution in [0.1, 0.15) is 61.1 Å². The van der Waals surface area contributed by atoms with Gasteiger partial charge in [-0.1, -0.05) is 18.2 Å². The van der Waals surface area contributed by atoms with Crippen LogP contribution >= 0.6 is 0 Å². The van der Waals surface area contributed by atoms with Crippen molar-refractivity contribution in [2.75, 3.05) is 6.54 Å². The lowest BCUT2D eigenvalue weighted by molar-refractivity contribution is -0.348. The molecule has 1 aromatic carbocycles. The van der Waals surface area contributed by atoms with E-state index in [1.54, 1.807) is 4.90 Å². The van der Waals surface area contributed by atoms with Crippen molar-refractivity contribution in [3.8, 4) is 0 Å². The van der Waals surface area contributed by atoms with Crippen LogP contribution in [0, 0.1) is 11.8 Å². The summed E-state index contributed by atoms with van der Waals surface area (Å²) in [5, 5.41) is 9.14. The van der Waals surface area contributed by atoms with Gasteiger partial charge in [-0.05, 0) is 56.1 Å². The number of rotatable bonds is 3. The van der Waals surface area contributed by atoms with Crippen LogP contribution in [0.4, 0.5) is 30.7 Å². The summed E-state index contributed by atoms with van der Waals surface area (Å²) in [5.74, 6) is -1.94. The van der Waals surface area contributed by atoms with Gasteiger partial charge in [0, 0.05) is 30.0 Å². The van der Waals surface area contributed by atoms with Crippen LogP contribution in [-0.4, -0.2) is 46.8 Å². The Morgan fingerprint density at radius 3 is 2.00 bits per heavy atom. The Bertz CT molecular complexity index is 952. The standard InChI is InChI=1S/C23H24F7NO3/c24-21(22(25,26)27,23(28,29)30)15-6-7-16-14(11-15)5-8-18-17(16)9-10-31(18)19(32)12-1-3-13(4-2-12)20(33)34/h6-7,11-13,17-18H,1-5,8-10H2,(H,33,34)/t12?,13?,17-,18+/m0/s1. The number of alkyl halides is 7. The lowest BCUT2D eigenvalue weighted by Crippen LogP contribution is -2.50. The maximum atomic E-state index is 14.5. The number of halogens is 7. The largest absolute Gasteiger partial charge is 0.481 e. The smallest absolute Gasteiger partial charge is 0.435 e. The lowest BCUT2D eigenvalue weighted by atomic mass is 9.77. The summed E-state index contributed by atoms with van der Waals surface area (Å²) < 4.78 is 93.4. The number of amides is 1. The number of hydrogen-bond acceptors (Lipinski definition) is 2. The van der Waals surface area contributed by atoms with Gasteiger partial charge < -0.3 is 10.0 Å². The summed E-state index contributed by atoms with van der Waals surface area (Å²) in [6, 6.07) is 2.13. The van der Waals surface area contributed by atoms with Gasteiger partial charge in [-0.15, -0.1) is 0 Å². The fourth-order valence-corrected chi connectivity index (χ4v) is 5.86. The minimum absolute atomic E-state index is 0.0756. The van der Waals surface area contributed by atoms with Gasteiger partial charge in [0.05, 0.1) is 5.92 Å². The molecule has 1 N–H and O–H groups in total. The van der Waals surface area contributed by atoms with Crippen molar-refractivity contribution < 1.29 is 45.4 Å². The Morgan fingerprint density at radius 1 is 0.853 bits per heavy atom. The monoisotopic (exact) mass is 495 g/mol. The molecular formula is C23H24F7NO3. The highest BCUT2D eigenvalue weighted by atomic mass is 19.4. The van der Waals surface area contributed by atoms with Crippen molar-refractivity contribution in [2.24, 2.45) is 11.8 Å². The molecule has 3 aliphatic rings. The number of carbonyl (C=O) groups is 2. The Kier molecular flexibility index (Phi) is 6.13. The number of likely N-dealkylation sites (tertiary alicyclic amines) is 1. The van der Waals surface area contributed by atoms with E-state index in [0.717, 1.165) is 6.07 Å². The molecule has 11 heteroatoms. The zero-order chi connectivity index (χ0) is 25.1. The van der Waals surface area contributed by atoms with E-state index in [9.17, 15) is 40.3 Å². The predicted molar refractivity (Wildman–Crippen MR) is 106 cm³/mol. The number of carboxylic acid groups (broad SMARTS) is 1. The van der Waals surface area contributed by atoms with Crippen molar-refractivity contribution in [2.45, 2.75) is 74.9 Å². The summed E-state index contributed by atoms with van der Waals surface area (Å²) >= 11 is 0. The third-order valence-corrected chi connectivity index (χ3v) is 7.69. The van der Waals surface area contributed by atoms with E-state index < -0.39 is 35.5 Å². The average Bonchev–Trinajstić information content (AvgIpc) is 3.20. The van der Waals surface area contributed by atoms with E-state index >= 15 is 0 Å². The van der Waals surface area contributed by atoms with Gasteiger partial charge in [0.2, 0.25) is 5.91 Å². The third kappa shape index (κ3) is 3.94. The molecule has 1 amide bonds. The molecular weight excluding hydrogens is 471 g/mol. The van der Waals surface area contributed by atoms with Crippen molar-refractivity contribution >= 4 is 11.9 Å². The quantitative estimate of drug-likeness (QED) is 0.564. The molecule has 1 saturated heterocycles. The second kappa shape index (κ2) is 8.41. The fourth-order valence-electron chi connectivity index (χ4n) is 5.86. The maximum absolute atomic E-state index is 14.5. The summed E-state index contributed by atoms with van der Waals surface area (Å²) in [7, 11) is 0. The molecule has 0 aromatic heterocycles. The van der Waals surface area contributed by atoms with Crippen molar-refractivity contribution in [3.63, 3.8) is 0 Å². The molecule has 0 radical (unpaired) electrons. The molecule has 2 atom stereocenters. The minimum atomic E-state index is -6.16. The van der Waals surface area contributed by atoms with E-state index in [-0.39, 0.29) is 35.8 Å². The van der Waals surface area contributed by atoms with Crippen molar-refractivity contribution in [1.82, 2.24) is 4.90 Å². The molecule has 188 valence electrons. The van der Waals surface area contributed by atoms with Crippen LogP contribution in [0.25, 0.3) is 0 Å². The van der Waals surface area contributed by atoms with E-state index in [0.29, 0.717) is 62.8 Å². The fraction of sp³-hybridized carbons (Fsp3) is 0.652. The Labute approximate surface area is 191 Å². The second-order valence-electron chi connectivity index (χ2n) is 9.49. The molecule has 0 unspecified atom stereocenters. The molecule has 0 spiro atoms. The van der Waals surface area contributed by atoms with Crippen LogP contribution in [0.2, 0.25) is 0 Å². The number of nitrogens with zero attached hydrogens (tertiary/aromatic N) is 1. The van der Waals surface area contributed by atoms with Crippen molar-refractivity contribution in [3.05, 3.63) is 34.9 Å². The van der Waals surface area contributed by atoms with Crippen LogP contribution in [0.5, 0.6) is 0 Å². The third-order valence-electron chi connectivity index (χ3n) is 7.69. The molecule has 1 heterocycles. The molecule has 2 fully saturated rings. The first-order chi connectivity index (χ1) is 15.8. The number of hydrogen-bond donors (Lipinski definition) is 1. The van der Waals surface area contributed by atoms with Gasteiger partial charge in [0.15, 0.2) is 0 Å². The molecule has 1 aromatic rings. The minimum Gasteiger partial charge on any atom is -0.481 e. The van der Waals surface area contributed by atoms with Crippen LogP contribution in [0.15, 0.2) is 18.2 Å². The average molecular weight is 495 g/mol. The normalized spacial score (nSPS) is 27.8. The Balaban J connectivity index is 1.54. The maximum Gasteiger partial charge on any atom is 0.435 e. The first-order valence-electron chi connectivity index (χ1n) is 11.2. The molecule has 1 aliphatic heterocycles. The van der Waals surface area contributed by atoms with Crippen molar-refractivity contribution in [1.29, 1.82) is 0 Å². The first-order valence-corrected chi connectivity index (χ1v) is 11.2. The van der Waals surface area contributed by atoms with E-state index in [2.05, 4.69) is 0 Å².